The zero-order valence-electron chi connectivity index (χ0n) is 15.1. The number of hydrogen-bond donors (Lipinski definition) is 0. The predicted octanol–water partition coefficient (Wildman–Crippen LogP) is 5.73. The van der Waals surface area contributed by atoms with E-state index in [1.54, 1.807) is 6.07 Å². The molecule has 1 aromatic carbocycles. The van der Waals surface area contributed by atoms with Crippen LogP contribution in [0.15, 0.2) is 22.9 Å². The molecule has 0 aliphatic carbocycles. The van der Waals surface area contributed by atoms with E-state index in [1.807, 2.05) is 40.7 Å². The second-order valence-electron chi connectivity index (χ2n) is 7.05. The zero-order chi connectivity index (χ0) is 19.2. The first-order chi connectivity index (χ1) is 12.1. The molecule has 0 N–H and O–H groups in total. The van der Waals surface area contributed by atoms with Gasteiger partial charge in [-0.3, -0.25) is 0 Å². The molecule has 8 heteroatoms. The van der Waals surface area contributed by atoms with E-state index in [1.165, 1.54) is 11.2 Å². The van der Waals surface area contributed by atoms with Crippen molar-refractivity contribution in [2.75, 3.05) is 4.90 Å². The van der Waals surface area contributed by atoms with E-state index in [0.29, 0.717) is 22.8 Å². The smallest absolute Gasteiger partial charge is 0.420 e. The number of anilines is 2. The van der Waals surface area contributed by atoms with Gasteiger partial charge < -0.3 is 9.47 Å². The Morgan fingerprint density at radius 1 is 1.35 bits per heavy atom. The highest BCUT2D eigenvalue weighted by Crippen LogP contribution is 2.47. The third kappa shape index (κ3) is 3.50. The molecule has 0 bridgehead atoms. The molecule has 1 aliphatic heterocycles. The third-order valence-corrected chi connectivity index (χ3v) is 4.52. The first kappa shape index (κ1) is 18.9. The molecule has 2 heterocycles. The van der Waals surface area contributed by atoms with Gasteiger partial charge in [0.1, 0.15) is 28.9 Å². The molecule has 3 rings (SSSR count). The predicted molar refractivity (Wildman–Crippen MR) is 103 cm³/mol. The van der Waals surface area contributed by atoms with E-state index in [2.05, 4.69) is 25.9 Å². The average molecular weight is 441 g/mol. The van der Waals surface area contributed by atoms with Gasteiger partial charge in [-0.05, 0) is 52.3 Å². The molecule has 0 spiro atoms. The zero-order valence-corrected chi connectivity index (χ0v) is 17.5. The number of benzene rings is 1. The summed E-state index contributed by atoms with van der Waals surface area (Å²) in [6, 6.07) is 3.71. The van der Waals surface area contributed by atoms with Gasteiger partial charge >= 0.3 is 6.09 Å². The van der Waals surface area contributed by atoms with E-state index in [-0.39, 0.29) is 5.15 Å². The van der Waals surface area contributed by atoms with E-state index >= 15 is 0 Å². The first-order valence-electron chi connectivity index (χ1n) is 8.09. The quantitative estimate of drug-likeness (QED) is 0.490. The minimum absolute atomic E-state index is 0.237. The number of halogens is 2. The number of fused-ring (bicyclic) bond motifs is 2. The van der Waals surface area contributed by atoms with Crippen molar-refractivity contribution >= 4 is 45.1 Å². The lowest BCUT2D eigenvalue weighted by atomic mass is 10.1. The lowest BCUT2D eigenvalue weighted by molar-refractivity contribution is 0.0598. The highest BCUT2D eigenvalue weighted by Gasteiger charge is 2.36. The fourth-order valence-corrected chi connectivity index (χ4v) is 3.61. The van der Waals surface area contributed by atoms with Crippen LogP contribution in [0.2, 0.25) is 5.15 Å². The molecular weight excluding hydrogens is 422 g/mol. The van der Waals surface area contributed by atoms with Gasteiger partial charge in [0.25, 0.3) is 0 Å². The summed E-state index contributed by atoms with van der Waals surface area (Å²) in [6.45, 7) is 9.18. The van der Waals surface area contributed by atoms with Crippen molar-refractivity contribution in [3.63, 3.8) is 0 Å². The van der Waals surface area contributed by atoms with Crippen LogP contribution in [-0.4, -0.2) is 21.7 Å². The average Bonchev–Trinajstić information content (AvgIpc) is 2.61. The number of carbonyl (C=O) groups is 1. The molecule has 2 aromatic rings. The van der Waals surface area contributed by atoms with Crippen LogP contribution < -0.4 is 9.64 Å². The summed E-state index contributed by atoms with van der Waals surface area (Å²) in [5.41, 5.74) is 1.26. The number of hydrogen-bond acceptors (Lipinski definition) is 5. The molecule has 0 saturated carbocycles. The monoisotopic (exact) mass is 439 g/mol. The number of aryl methyl sites for hydroxylation is 1. The number of rotatable bonds is 0. The van der Waals surface area contributed by atoms with Crippen LogP contribution in [0.3, 0.4) is 0 Å². The highest BCUT2D eigenvalue weighted by molar-refractivity contribution is 9.10. The molecule has 1 amide bonds. The Labute approximate surface area is 165 Å². The lowest BCUT2D eigenvalue weighted by Gasteiger charge is -2.27. The van der Waals surface area contributed by atoms with Gasteiger partial charge in [0, 0.05) is 4.47 Å². The van der Waals surface area contributed by atoms with Crippen LogP contribution in [-0.2, 0) is 4.74 Å². The van der Waals surface area contributed by atoms with Crippen molar-refractivity contribution in [3.8, 4) is 5.75 Å². The molecule has 26 heavy (non-hydrogen) atoms. The van der Waals surface area contributed by atoms with Gasteiger partial charge in [-0.2, -0.15) is 0 Å². The van der Waals surface area contributed by atoms with Crippen molar-refractivity contribution in [1.82, 2.24) is 9.97 Å². The summed E-state index contributed by atoms with van der Waals surface area (Å²) < 4.78 is 12.5. The van der Waals surface area contributed by atoms with E-state index in [0.717, 1.165) is 10.0 Å². The number of aromatic nitrogens is 2. The number of ether oxygens (including phenoxy) is 2. The number of nitrogens with zero attached hydrogens (tertiary/aromatic N) is 3. The van der Waals surface area contributed by atoms with Crippen LogP contribution >= 0.6 is 27.5 Å². The Morgan fingerprint density at radius 3 is 2.69 bits per heavy atom. The van der Waals surface area contributed by atoms with Crippen molar-refractivity contribution in [2.24, 2.45) is 0 Å². The van der Waals surface area contributed by atoms with Crippen molar-refractivity contribution < 1.29 is 14.3 Å². The fourth-order valence-electron chi connectivity index (χ4n) is 2.77. The molecule has 0 fully saturated rings. The minimum atomic E-state index is -0.673. The summed E-state index contributed by atoms with van der Waals surface area (Å²) in [4.78, 5) is 22.8. The minimum Gasteiger partial charge on any atom is -0.483 e. The Morgan fingerprint density at radius 2 is 2.04 bits per heavy atom. The van der Waals surface area contributed by atoms with Gasteiger partial charge in [-0.25, -0.2) is 19.7 Å². The third-order valence-electron chi connectivity index (χ3n) is 3.76. The Kier molecular flexibility index (Phi) is 4.88. The lowest BCUT2D eigenvalue weighted by Crippen LogP contribution is -2.34. The maximum atomic E-state index is 13.1. The molecular formula is C18H19BrClN3O3. The van der Waals surface area contributed by atoms with Crippen molar-refractivity contribution in [2.45, 2.75) is 46.3 Å². The van der Waals surface area contributed by atoms with E-state index in [9.17, 15) is 4.79 Å². The summed E-state index contributed by atoms with van der Waals surface area (Å²) in [5, 5.41) is 0.237. The Balaban J connectivity index is 2.29. The summed E-state index contributed by atoms with van der Waals surface area (Å²) in [7, 11) is 0. The van der Waals surface area contributed by atoms with Crippen LogP contribution in [0, 0.1) is 6.92 Å². The molecule has 0 radical (unpaired) electrons. The summed E-state index contributed by atoms with van der Waals surface area (Å²) in [5.74, 6) is 0.920. The van der Waals surface area contributed by atoms with Gasteiger partial charge in [0.05, 0.1) is 11.3 Å². The molecule has 6 nitrogen and oxygen atoms in total. The van der Waals surface area contributed by atoms with E-state index in [4.69, 9.17) is 21.1 Å². The van der Waals surface area contributed by atoms with Crippen LogP contribution in [0.4, 0.5) is 16.3 Å². The fraction of sp³-hybridized carbons (Fsp3) is 0.389. The standard InChI is InChI=1S/C18H19BrClN3O3/c1-9-6-11(19)7-12-14(9)25-10(2)13-15(20)21-8-22-16(13)23(12)17(24)26-18(3,4)5/h6-8,10H,1-5H3. The largest absolute Gasteiger partial charge is 0.483 e. The molecule has 0 saturated heterocycles. The maximum Gasteiger partial charge on any atom is 0.420 e. The molecule has 138 valence electrons. The Hall–Kier alpha value is -1.86. The van der Waals surface area contributed by atoms with Crippen LogP contribution in [0.1, 0.15) is 44.9 Å². The van der Waals surface area contributed by atoms with Gasteiger partial charge in [-0.15, -0.1) is 0 Å². The van der Waals surface area contributed by atoms with Crippen LogP contribution in [0.25, 0.3) is 0 Å². The first-order valence-corrected chi connectivity index (χ1v) is 9.26. The topological polar surface area (TPSA) is 64.6 Å². The number of amides is 1. The Bertz CT molecular complexity index is 883. The van der Waals surface area contributed by atoms with Crippen molar-refractivity contribution in [3.05, 3.63) is 39.2 Å². The van der Waals surface area contributed by atoms with Gasteiger partial charge in [-0.1, -0.05) is 27.5 Å². The molecule has 1 aromatic heterocycles. The van der Waals surface area contributed by atoms with Crippen LogP contribution in [0.5, 0.6) is 5.75 Å². The molecule has 1 unspecified atom stereocenters. The second kappa shape index (κ2) is 6.70. The van der Waals surface area contributed by atoms with E-state index < -0.39 is 17.8 Å². The maximum absolute atomic E-state index is 13.1. The summed E-state index contributed by atoms with van der Waals surface area (Å²) >= 11 is 9.79. The summed E-state index contributed by atoms with van der Waals surface area (Å²) in [6.07, 6.45) is 0.316. The molecule has 1 atom stereocenters. The normalized spacial score (nSPS) is 16.3. The van der Waals surface area contributed by atoms with Crippen molar-refractivity contribution in [1.29, 1.82) is 0 Å². The highest BCUT2D eigenvalue weighted by atomic mass is 79.9. The van der Waals surface area contributed by atoms with Gasteiger partial charge in [0.2, 0.25) is 0 Å². The SMILES string of the molecule is Cc1cc(Br)cc2c1OC(C)c1c(Cl)ncnc1N2C(=O)OC(C)(C)C. The molecule has 1 aliphatic rings. The van der Waals surface area contributed by atoms with Gasteiger partial charge in [0.15, 0.2) is 5.82 Å². The second-order valence-corrected chi connectivity index (χ2v) is 8.32. The number of carbonyl (C=O) groups excluding carboxylic acids is 1.